The minimum Gasteiger partial charge on any atom is -0.348 e. The van der Waals surface area contributed by atoms with Crippen LogP contribution in [-0.4, -0.2) is 36.7 Å². The van der Waals surface area contributed by atoms with Crippen molar-refractivity contribution in [2.24, 2.45) is 0 Å². The number of hydrogen-bond donors (Lipinski definition) is 1. The highest BCUT2D eigenvalue weighted by molar-refractivity contribution is 7.89. The van der Waals surface area contributed by atoms with Gasteiger partial charge in [-0.1, -0.05) is 6.07 Å². The van der Waals surface area contributed by atoms with Crippen LogP contribution in [0.25, 0.3) is 11.3 Å². The highest BCUT2D eigenvalue weighted by atomic mass is 32.2. The van der Waals surface area contributed by atoms with Gasteiger partial charge in [-0.2, -0.15) is 15.6 Å². The summed E-state index contributed by atoms with van der Waals surface area (Å²) in [7, 11) is -3.47. The molecule has 2 aromatic heterocycles. The molecule has 150 valence electrons. The van der Waals surface area contributed by atoms with Gasteiger partial charge in [0.05, 0.1) is 10.6 Å². The van der Waals surface area contributed by atoms with Crippen molar-refractivity contribution in [3.05, 3.63) is 70.5 Å². The van der Waals surface area contributed by atoms with Crippen LogP contribution in [0.15, 0.2) is 64.3 Å². The van der Waals surface area contributed by atoms with E-state index in [1.165, 1.54) is 16.4 Å². The first-order valence-corrected chi connectivity index (χ1v) is 11.8. The number of rotatable bonds is 6. The average molecular weight is 428 g/mol. The number of amides is 1. The fourth-order valence-corrected chi connectivity index (χ4v) is 5.53. The lowest BCUT2D eigenvalue weighted by atomic mass is 10.1. The van der Waals surface area contributed by atoms with E-state index >= 15 is 0 Å². The van der Waals surface area contributed by atoms with Gasteiger partial charge >= 0.3 is 0 Å². The Morgan fingerprint density at radius 2 is 1.86 bits per heavy atom. The molecule has 1 amide bonds. The highest BCUT2D eigenvalue weighted by Crippen LogP contribution is 2.24. The molecule has 0 unspecified atom stereocenters. The maximum absolute atomic E-state index is 12.6. The molecule has 0 radical (unpaired) electrons. The zero-order valence-corrected chi connectivity index (χ0v) is 17.4. The van der Waals surface area contributed by atoms with Gasteiger partial charge in [-0.15, -0.1) is 0 Å². The Morgan fingerprint density at radius 1 is 1.10 bits per heavy atom. The molecular formula is C21H21N3O3S2. The number of hydrogen-bond acceptors (Lipinski definition) is 5. The Labute approximate surface area is 174 Å². The van der Waals surface area contributed by atoms with Crippen LogP contribution in [-0.2, 0) is 16.6 Å². The van der Waals surface area contributed by atoms with E-state index in [1.807, 2.05) is 29.0 Å². The van der Waals surface area contributed by atoms with Crippen molar-refractivity contribution in [2.75, 3.05) is 13.1 Å². The molecule has 6 nitrogen and oxygen atoms in total. The van der Waals surface area contributed by atoms with Crippen LogP contribution in [0, 0.1) is 0 Å². The van der Waals surface area contributed by atoms with Gasteiger partial charge in [-0.3, -0.25) is 9.78 Å². The van der Waals surface area contributed by atoms with Crippen molar-refractivity contribution in [1.29, 1.82) is 0 Å². The van der Waals surface area contributed by atoms with Crippen molar-refractivity contribution in [3.8, 4) is 11.3 Å². The van der Waals surface area contributed by atoms with Gasteiger partial charge < -0.3 is 5.32 Å². The fraction of sp³-hybridized carbons (Fsp3) is 0.238. The summed E-state index contributed by atoms with van der Waals surface area (Å²) in [5.41, 5.74) is 3.22. The van der Waals surface area contributed by atoms with Crippen molar-refractivity contribution in [3.63, 3.8) is 0 Å². The summed E-state index contributed by atoms with van der Waals surface area (Å²) in [5.74, 6) is -0.254. The molecule has 0 atom stereocenters. The molecule has 0 saturated carbocycles. The summed E-state index contributed by atoms with van der Waals surface area (Å²) >= 11 is 1.60. The molecule has 1 N–H and O–H groups in total. The molecule has 1 aliphatic heterocycles. The quantitative estimate of drug-likeness (QED) is 0.653. The average Bonchev–Trinajstić information content (AvgIpc) is 3.47. The Morgan fingerprint density at radius 3 is 2.55 bits per heavy atom. The van der Waals surface area contributed by atoms with Crippen LogP contribution in [0.5, 0.6) is 0 Å². The van der Waals surface area contributed by atoms with Crippen LogP contribution >= 0.6 is 11.3 Å². The second kappa shape index (κ2) is 8.44. The van der Waals surface area contributed by atoms with E-state index in [4.69, 9.17) is 0 Å². The molecule has 1 aliphatic rings. The fourth-order valence-electron chi connectivity index (χ4n) is 3.37. The SMILES string of the molecule is O=C(NCc1cccnc1-c1ccsc1)c1ccc(S(=O)(=O)N2CCCC2)cc1. The molecule has 29 heavy (non-hydrogen) atoms. The first-order valence-electron chi connectivity index (χ1n) is 9.40. The van der Waals surface area contributed by atoms with E-state index in [1.54, 1.807) is 29.7 Å². The summed E-state index contributed by atoms with van der Waals surface area (Å²) < 4.78 is 26.7. The molecule has 1 aromatic carbocycles. The number of sulfonamides is 1. The standard InChI is InChI=1S/C21H21N3O3S2/c25-21(23-14-17-4-3-10-22-20(17)18-9-13-28-15-18)16-5-7-19(8-6-16)29(26,27)24-11-1-2-12-24/h3-10,13,15H,1-2,11-12,14H2,(H,23,25). The number of nitrogens with one attached hydrogen (secondary N) is 1. The molecule has 0 aliphatic carbocycles. The molecule has 3 aromatic rings. The van der Waals surface area contributed by atoms with Crippen molar-refractivity contribution < 1.29 is 13.2 Å². The summed E-state index contributed by atoms with van der Waals surface area (Å²) in [6, 6.07) is 11.9. The van der Waals surface area contributed by atoms with Crippen molar-refractivity contribution >= 4 is 27.3 Å². The summed E-state index contributed by atoms with van der Waals surface area (Å²) in [4.78, 5) is 17.2. The number of pyridine rings is 1. The number of thiophene rings is 1. The van der Waals surface area contributed by atoms with Gasteiger partial charge in [0.1, 0.15) is 0 Å². The Kier molecular flexibility index (Phi) is 5.75. The minimum atomic E-state index is -3.47. The molecule has 4 rings (SSSR count). The van der Waals surface area contributed by atoms with E-state index in [2.05, 4.69) is 10.3 Å². The van der Waals surface area contributed by atoms with Gasteiger partial charge in [-0.05, 0) is 60.2 Å². The first kappa shape index (κ1) is 19.8. The third-order valence-electron chi connectivity index (χ3n) is 4.94. The van der Waals surface area contributed by atoms with Gasteiger partial charge in [0.15, 0.2) is 0 Å². The molecule has 1 saturated heterocycles. The predicted molar refractivity (Wildman–Crippen MR) is 113 cm³/mol. The number of nitrogens with zero attached hydrogens (tertiary/aromatic N) is 2. The zero-order chi connectivity index (χ0) is 20.3. The third-order valence-corrected chi connectivity index (χ3v) is 7.54. The maximum atomic E-state index is 12.6. The van der Waals surface area contributed by atoms with Crippen LogP contribution in [0.2, 0.25) is 0 Å². The topological polar surface area (TPSA) is 79.4 Å². The monoisotopic (exact) mass is 427 g/mol. The van der Waals surface area contributed by atoms with Crippen LogP contribution in [0.1, 0.15) is 28.8 Å². The van der Waals surface area contributed by atoms with E-state index < -0.39 is 10.0 Å². The smallest absolute Gasteiger partial charge is 0.251 e. The largest absolute Gasteiger partial charge is 0.348 e. The maximum Gasteiger partial charge on any atom is 0.251 e. The van der Waals surface area contributed by atoms with Gasteiger partial charge in [-0.25, -0.2) is 8.42 Å². The van der Waals surface area contributed by atoms with Crippen molar-refractivity contribution in [1.82, 2.24) is 14.6 Å². The van der Waals surface area contributed by atoms with E-state index in [9.17, 15) is 13.2 Å². The first-order chi connectivity index (χ1) is 14.1. The van der Waals surface area contributed by atoms with E-state index in [0.717, 1.165) is 29.7 Å². The van der Waals surface area contributed by atoms with Crippen LogP contribution < -0.4 is 5.32 Å². The minimum absolute atomic E-state index is 0.225. The van der Waals surface area contributed by atoms with Gasteiger partial charge in [0.2, 0.25) is 10.0 Å². The summed E-state index contributed by atoms with van der Waals surface area (Å²) in [6.07, 6.45) is 3.51. The lowest BCUT2D eigenvalue weighted by molar-refractivity contribution is 0.0951. The molecule has 8 heteroatoms. The number of benzene rings is 1. The second-order valence-electron chi connectivity index (χ2n) is 6.84. The highest BCUT2D eigenvalue weighted by Gasteiger charge is 2.27. The van der Waals surface area contributed by atoms with Crippen LogP contribution in [0.3, 0.4) is 0 Å². The number of aromatic nitrogens is 1. The van der Waals surface area contributed by atoms with Crippen LogP contribution in [0.4, 0.5) is 0 Å². The molecule has 0 bridgehead atoms. The third kappa shape index (κ3) is 4.24. The van der Waals surface area contributed by atoms with Gasteiger partial charge in [0, 0.05) is 42.3 Å². The Bertz CT molecular complexity index is 1090. The molecule has 3 heterocycles. The summed E-state index contributed by atoms with van der Waals surface area (Å²) in [5, 5.41) is 6.91. The zero-order valence-electron chi connectivity index (χ0n) is 15.7. The molecule has 0 spiro atoms. The normalized spacial score (nSPS) is 14.8. The second-order valence-corrected chi connectivity index (χ2v) is 9.56. The molecule has 1 fully saturated rings. The lowest BCUT2D eigenvalue weighted by Gasteiger charge is -2.15. The van der Waals surface area contributed by atoms with E-state index in [0.29, 0.717) is 25.2 Å². The Hall–Kier alpha value is -2.55. The van der Waals surface area contributed by atoms with E-state index in [-0.39, 0.29) is 10.8 Å². The summed E-state index contributed by atoms with van der Waals surface area (Å²) in [6.45, 7) is 1.45. The molecular weight excluding hydrogens is 406 g/mol. The van der Waals surface area contributed by atoms with Crippen molar-refractivity contribution in [2.45, 2.75) is 24.3 Å². The predicted octanol–water partition coefficient (Wildman–Crippen LogP) is 3.52. The number of carbonyl (C=O) groups is 1. The number of carbonyl (C=O) groups excluding carboxylic acids is 1. The van der Waals surface area contributed by atoms with Gasteiger partial charge in [0.25, 0.3) is 5.91 Å². The lowest BCUT2D eigenvalue weighted by Crippen LogP contribution is -2.28. The Balaban J connectivity index is 1.45.